The van der Waals surface area contributed by atoms with E-state index in [1.807, 2.05) is 6.07 Å². The third-order valence-corrected chi connectivity index (χ3v) is 4.68. The smallest absolute Gasteiger partial charge is 0.545 e. The van der Waals surface area contributed by atoms with E-state index < -0.39 is 5.97 Å². The molecule has 0 spiro atoms. The van der Waals surface area contributed by atoms with Crippen LogP contribution in [0.4, 0.5) is 0 Å². The molecule has 1 rings (SSSR count). The second-order valence-corrected chi connectivity index (χ2v) is 7.14. The van der Waals surface area contributed by atoms with Crippen LogP contribution in [-0.2, 0) is 15.9 Å². The van der Waals surface area contributed by atoms with Gasteiger partial charge in [-0.15, -0.1) is 0 Å². The molecule has 0 aliphatic heterocycles. The number of unbranched alkanes of at least 4 members (excludes halogenated alkanes) is 7. The fourth-order valence-corrected chi connectivity index (χ4v) is 3.08. The summed E-state index contributed by atoms with van der Waals surface area (Å²) in [5, 5.41) is 20.0. The standard InChI is InChI=1S/C23H38O6.K/c1-2-3-4-5-6-7-8-9-10-20-11-12-22(21(19-20)23(25)26)29-18-17-28-16-15-27-14-13-24;/h11-12,19,24H,2-10,13-18H2,1H3,(H,25,26);/q;+1/p-1. The molecule has 0 unspecified atom stereocenters. The number of rotatable bonds is 19. The van der Waals surface area contributed by atoms with Gasteiger partial charge < -0.3 is 29.2 Å². The van der Waals surface area contributed by atoms with Crippen LogP contribution >= 0.6 is 0 Å². The van der Waals surface area contributed by atoms with Gasteiger partial charge in [0.05, 0.1) is 39.0 Å². The Balaban J connectivity index is 0.00000841. The molecular weight excluding hydrogens is 411 g/mol. The Bertz CT molecular complexity index is 552. The molecule has 0 aliphatic carbocycles. The van der Waals surface area contributed by atoms with Crippen molar-refractivity contribution in [3.05, 3.63) is 29.3 Å². The molecule has 7 heteroatoms. The average molecular weight is 449 g/mol. The van der Waals surface area contributed by atoms with Gasteiger partial charge in [0.25, 0.3) is 0 Å². The van der Waals surface area contributed by atoms with Crippen LogP contribution < -0.4 is 61.2 Å². The number of carboxylic acids is 1. The van der Waals surface area contributed by atoms with Crippen molar-refractivity contribution < 1.29 is 80.6 Å². The monoisotopic (exact) mass is 448 g/mol. The van der Waals surface area contributed by atoms with Crippen molar-refractivity contribution in [1.82, 2.24) is 0 Å². The van der Waals surface area contributed by atoms with E-state index in [-0.39, 0.29) is 70.2 Å². The quantitative estimate of drug-likeness (QED) is 0.239. The van der Waals surface area contributed by atoms with Crippen LogP contribution in [0.15, 0.2) is 18.2 Å². The number of hydrogen-bond donors (Lipinski definition) is 1. The van der Waals surface area contributed by atoms with Crippen molar-refractivity contribution in [2.75, 3.05) is 39.6 Å². The van der Waals surface area contributed by atoms with Gasteiger partial charge in [0.1, 0.15) is 12.4 Å². The third-order valence-electron chi connectivity index (χ3n) is 4.68. The van der Waals surface area contributed by atoms with Crippen molar-refractivity contribution in [2.24, 2.45) is 0 Å². The van der Waals surface area contributed by atoms with Crippen molar-refractivity contribution in [2.45, 2.75) is 64.7 Å². The Morgan fingerprint density at radius 3 is 2.13 bits per heavy atom. The maximum atomic E-state index is 11.5. The second-order valence-electron chi connectivity index (χ2n) is 7.14. The van der Waals surface area contributed by atoms with E-state index in [1.165, 1.54) is 44.9 Å². The number of benzene rings is 1. The molecule has 30 heavy (non-hydrogen) atoms. The zero-order valence-corrected chi connectivity index (χ0v) is 22.0. The number of carbonyl (C=O) groups excluding carboxylic acids is 1. The van der Waals surface area contributed by atoms with Gasteiger partial charge in [0.2, 0.25) is 0 Å². The summed E-state index contributed by atoms with van der Waals surface area (Å²) in [7, 11) is 0. The van der Waals surface area contributed by atoms with Gasteiger partial charge >= 0.3 is 51.4 Å². The molecule has 1 N–H and O–H groups in total. The number of aliphatic hydroxyl groups excluding tert-OH is 1. The first kappa shape index (κ1) is 30.0. The molecule has 0 radical (unpaired) electrons. The normalized spacial score (nSPS) is 10.6. The number of aryl methyl sites for hydroxylation is 1. The molecule has 0 aliphatic rings. The average Bonchev–Trinajstić information content (AvgIpc) is 2.72. The van der Waals surface area contributed by atoms with E-state index in [0.29, 0.717) is 32.2 Å². The zero-order valence-electron chi connectivity index (χ0n) is 18.8. The maximum Gasteiger partial charge on any atom is 1.00 e. The molecule has 6 nitrogen and oxygen atoms in total. The SMILES string of the molecule is CCCCCCCCCCc1ccc(OCCOCCOCCO)c(C(=O)[O-])c1.[K+]. The van der Waals surface area contributed by atoms with Crippen LogP contribution in [0.1, 0.15) is 74.2 Å². The van der Waals surface area contributed by atoms with Crippen LogP contribution in [0.25, 0.3) is 0 Å². The van der Waals surface area contributed by atoms with E-state index in [0.717, 1.165) is 18.4 Å². The van der Waals surface area contributed by atoms with Gasteiger partial charge in [-0.25, -0.2) is 0 Å². The van der Waals surface area contributed by atoms with Crippen LogP contribution in [0.3, 0.4) is 0 Å². The minimum absolute atomic E-state index is 0. The first-order valence-corrected chi connectivity index (χ1v) is 10.9. The Kier molecular flexibility index (Phi) is 20.9. The molecule has 0 fully saturated rings. The molecular formula is C23H37KO6. The zero-order chi connectivity index (χ0) is 21.2. The van der Waals surface area contributed by atoms with Gasteiger partial charge in [0, 0.05) is 5.56 Å². The first-order valence-electron chi connectivity index (χ1n) is 10.9. The molecule has 0 aromatic heterocycles. The van der Waals surface area contributed by atoms with Crippen LogP contribution in [0, 0.1) is 0 Å². The van der Waals surface area contributed by atoms with Gasteiger partial charge in [-0.1, -0.05) is 57.9 Å². The van der Waals surface area contributed by atoms with E-state index >= 15 is 0 Å². The van der Waals surface area contributed by atoms with Gasteiger partial charge in [-0.05, 0) is 30.5 Å². The Morgan fingerprint density at radius 1 is 0.900 bits per heavy atom. The van der Waals surface area contributed by atoms with Crippen molar-refractivity contribution in [3.8, 4) is 5.75 Å². The summed E-state index contributed by atoms with van der Waals surface area (Å²) in [6, 6.07) is 5.29. The summed E-state index contributed by atoms with van der Waals surface area (Å²) in [5.41, 5.74) is 1.09. The second kappa shape index (κ2) is 20.9. The number of aliphatic hydroxyl groups is 1. The van der Waals surface area contributed by atoms with Crippen LogP contribution in [0.5, 0.6) is 5.75 Å². The maximum absolute atomic E-state index is 11.5. The number of ether oxygens (including phenoxy) is 3. The summed E-state index contributed by atoms with van der Waals surface area (Å²) in [6.07, 6.45) is 10.9. The minimum Gasteiger partial charge on any atom is -0.545 e. The van der Waals surface area contributed by atoms with Gasteiger partial charge in [-0.3, -0.25) is 0 Å². The van der Waals surface area contributed by atoms with Crippen LogP contribution in [0.2, 0.25) is 0 Å². The summed E-state index contributed by atoms with van der Waals surface area (Å²) >= 11 is 0. The summed E-state index contributed by atoms with van der Waals surface area (Å²) in [4.78, 5) is 11.5. The predicted octanol–water partition coefficient (Wildman–Crippen LogP) is 0.142. The molecule has 0 saturated heterocycles. The topological polar surface area (TPSA) is 88.1 Å². The van der Waals surface area contributed by atoms with Crippen molar-refractivity contribution >= 4 is 5.97 Å². The fourth-order valence-electron chi connectivity index (χ4n) is 3.08. The van der Waals surface area contributed by atoms with Gasteiger partial charge in [0.15, 0.2) is 0 Å². The molecule has 1 aromatic rings. The van der Waals surface area contributed by atoms with Crippen LogP contribution in [-0.4, -0.2) is 50.7 Å². The van der Waals surface area contributed by atoms with E-state index in [2.05, 4.69) is 6.92 Å². The molecule has 1 aromatic carbocycles. The largest absolute Gasteiger partial charge is 1.00 e. The number of aromatic carboxylic acids is 1. The molecule has 0 heterocycles. The van der Waals surface area contributed by atoms with Gasteiger partial charge in [-0.2, -0.15) is 0 Å². The number of carboxylic acid groups (broad SMARTS) is 1. The molecule has 0 bridgehead atoms. The van der Waals surface area contributed by atoms with Crippen molar-refractivity contribution in [1.29, 1.82) is 0 Å². The molecule has 0 atom stereocenters. The minimum atomic E-state index is -1.23. The Hall–Kier alpha value is 0.00636. The number of carbonyl (C=O) groups is 1. The Labute approximate surface area is 224 Å². The van der Waals surface area contributed by atoms with E-state index in [9.17, 15) is 9.90 Å². The Morgan fingerprint density at radius 2 is 1.50 bits per heavy atom. The van der Waals surface area contributed by atoms with Crippen molar-refractivity contribution in [3.63, 3.8) is 0 Å². The summed E-state index contributed by atoms with van der Waals surface area (Å²) in [6.45, 7) is 3.88. The van der Waals surface area contributed by atoms with E-state index in [1.54, 1.807) is 12.1 Å². The van der Waals surface area contributed by atoms with E-state index in [4.69, 9.17) is 19.3 Å². The third kappa shape index (κ3) is 14.9. The first-order chi connectivity index (χ1) is 14.2. The summed E-state index contributed by atoms with van der Waals surface area (Å²) < 4.78 is 16.0. The molecule has 166 valence electrons. The number of hydrogen-bond acceptors (Lipinski definition) is 6. The molecule has 0 saturated carbocycles. The molecule has 0 amide bonds. The predicted molar refractivity (Wildman–Crippen MR) is 111 cm³/mol. The summed E-state index contributed by atoms with van der Waals surface area (Å²) in [5.74, 6) is -0.916. The fraction of sp³-hybridized carbons (Fsp3) is 0.696.